The highest BCUT2D eigenvalue weighted by Gasteiger charge is 2.14. The fourth-order valence-electron chi connectivity index (χ4n) is 2.81. The number of rotatable bonds is 4. The Kier molecular flexibility index (Phi) is 7.47. The average Bonchev–Trinajstić information content (AvgIpc) is 3.06. The highest BCUT2D eigenvalue weighted by molar-refractivity contribution is 14.0. The van der Waals surface area contributed by atoms with Crippen molar-refractivity contribution in [3.8, 4) is 0 Å². The number of fused-ring (bicyclic) bond motifs is 1. The largest absolute Gasteiger partial charge is 0.352 e. The van der Waals surface area contributed by atoms with Gasteiger partial charge in [-0.3, -0.25) is 4.99 Å². The SMILES string of the molecule is CN=C(NCc1ccc(C)s1)NCc1nnc2n1CCCCC2.I. The third-order valence-corrected chi connectivity index (χ3v) is 5.05. The van der Waals surface area contributed by atoms with Crippen LogP contribution in [0.1, 0.15) is 40.7 Å². The highest BCUT2D eigenvalue weighted by atomic mass is 127. The molecule has 3 heterocycles. The summed E-state index contributed by atoms with van der Waals surface area (Å²) in [6.45, 7) is 4.59. The first-order valence-corrected chi connectivity index (χ1v) is 8.98. The zero-order chi connectivity index (χ0) is 16.1. The predicted octanol–water partition coefficient (Wildman–Crippen LogP) is 2.86. The molecule has 1 aliphatic heterocycles. The topological polar surface area (TPSA) is 67.1 Å². The summed E-state index contributed by atoms with van der Waals surface area (Å²) in [5.41, 5.74) is 0. The third-order valence-electron chi connectivity index (χ3n) is 4.05. The van der Waals surface area contributed by atoms with E-state index in [9.17, 15) is 0 Å². The summed E-state index contributed by atoms with van der Waals surface area (Å²) in [5.74, 6) is 2.91. The Morgan fingerprint density at radius 3 is 2.79 bits per heavy atom. The molecule has 6 nitrogen and oxygen atoms in total. The quantitative estimate of drug-likeness (QED) is 0.419. The number of hydrogen-bond donors (Lipinski definition) is 2. The molecule has 0 atom stereocenters. The maximum absolute atomic E-state index is 4.34. The molecule has 2 aromatic heterocycles. The van der Waals surface area contributed by atoms with Crippen molar-refractivity contribution in [2.75, 3.05) is 7.05 Å². The van der Waals surface area contributed by atoms with E-state index < -0.39 is 0 Å². The van der Waals surface area contributed by atoms with Gasteiger partial charge in [-0.25, -0.2) is 0 Å². The molecule has 0 unspecified atom stereocenters. The Bertz CT molecular complexity index is 678. The van der Waals surface area contributed by atoms with Crippen LogP contribution in [0.3, 0.4) is 0 Å². The summed E-state index contributed by atoms with van der Waals surface area (Å²) in [7, 11) is 1.79. The lowest BCUT2D eigenvalue weighted by Gasteiger charge is -2.12. The van der Waals surface area contributed by atoms with Crippen LogP contribution in [0.5, 0.6) is 0 Å². The van der Waals surface area contributed by atoms with Gasteiger partial charge in [0.1, 0.15) is 5.82 Å². The first-order valence-electron chi connectivity index (χ1n) is 8.17. The van der Waals surface area contributed by atoms with Gasteiger partial charge in [-0.05, 0) is 31.9 Å². The zero-order valence-electron chi connectivity index (χ0n) is 14.2. The van der Waals surface area contributed by atoms with Crippen LogP contribution in [0, 0.1) is 6.92 Å². The van der Waals surface area contributed by atoms with E-state index in [2.05, 4.69) is 49.4 Å². The van der Waals surface area contributed by atoms with Gasteiger partial charge in [0.2, 0.25) is 0 Å². The van der Waals surface area contributed by atoms with Crippen LogP contribution < -0.4 is 10.6 Å². The van der Waals surface area contributed by atoms with E-state index in [1.165, 1.54) is 29.0 Å². The van der Waals surface area contributed by atoms with Crippen molar-refractivity contribution in [2.24, 2.45) is 4.99 Å². The smallest absolute Gasteiger partial charge is 0.191 e. The second kappa shape index (κ2) is 9.36. The minimum atomic E-state index is 0. The van der Waals surface area contributed by atoms with Crippen molar-refractivity contribution >= 4 is 41.3 Å². The molecular formula is C16H25IN6S. The molecule has 0 amide bonds. The fraction of sp³-hybridized carbons (Fsp3) is 0.562. The summed E-state index contributed by atoms with van der Waals surface area (Å²) < 4.78 is 2.26. The third kappa shape index (κ3) is 4.92. The van der Waals surface area contributed by atoms with Crippen LogP contribution in [0.2, 0.25) is 0 Å². The average molecular weight is 460 g/mol. The van der Waals surface area contributed by atoms with Gasteiger partial charge in [0.05, 0.1) is 13.1 Å². The standard InChI is InChI=1S/C16H24N6S.HI/c1-12-7-8-13(23-12)10-18-16(17-2)19-11-15-21-20-14-6-4-3-5-9-22(14)15;/h7-8H,3-6,9-11H2,1-2H3,(H2,17,18,19);1H. The highest BCUT2D eigenvalue weighted by Crippen LogP contribution is 2.15. The Morgan fingerprint density at radius 1 is 1.21 bits per heavy atom. The molecule has 3 rings (SSSR count). The fourth-order valence-corrected chi connectivity index (χ4v) is 3.64. The van der Waals surface area contributed by atoms with Crippen LogP contribution in [-0.4, -0.2) is 27.8 Å². The molecule has 8 heteroatoms. The number of aryl methyl sites for hydroxylation is 2. The van der Waals surface area contributed by atoms with E-state index >= 15 is 0 Å². The van der Waals surface area contributed by atoms with Gasteiger partial charge in [0, 0.05) is 29.8 Å². The van der Waals surface area contributed by atoms with Gasteiger partial charge in [0.25, 0.3) is 0 Å². The van der Waals surface area contributed by atoms with Crippen molar-refractivity contribution in [1.82, 2.24) is 25.4 Å². The van der Waals surface area contributed by atoms with E-state index in [1.54, 1.807) is 18.4 Å². The molecule has 0 saturated heterocycles. The number of nitrogens with zero attached hydrogens (tertiary/aromatic N) is 4. The molecule has 0 fully saturated rings. The number of nitrogens with one attached hydrogen (secondary N) is 2. The number of aromatic nitrogens is 3. The van der Waals surface area contributed by atoms with E-state index in [0.717, 1.165) is 37.1 Å². The molecule has 1 aliphatic rings. The van der Waals surface area contributed by atoms with Gasteiger partial charge in [-0.1, -0.05) is 6.42 Å². The summed E-state index contributed by atoms with van der Waals surface area (Å²) >= 11 is 1.81. The predicted molar refractivity (Wildman–Crippen MR) is 109 cm³/mol. The summed E-state index contributed by atoms with van der Waals surface area (Å²) in [6, 6.07) is 4.29. The number of aliphatic imine (C=N–C) groups is 1. The molecule has 0 radical (unpaired) electrons. The summed E-state index contributed by atoms with van der Waals surface area (Å²) in [6.07, 6.45) is 4.75. The molecule has 0 aromatic carbocycles. The monoisotopic (exact) mass is 460 g/mol. The van der Waals surface area contributed by atoms with Crippen molar-refractivity contribution < 1.29 is 0 Å². The van der Waals surface area contributed by atoms with E-state index in [-0.39, 0.29) is 24.0 Å². The lowest BCUT2D eigenvalue weighted by atomic mass is 10.2. The van der Waals surface area contributed by atoms with Crippen LogP contribution in [0.15, 0.2) is 17.1 Å². The minimum Gasteiger partial charge on any atom is -0.352 e. The van der Waals surface area contributed by atoms with Crippen LogP contribution in [-0.2, 0) is 26.1 Å². The number of halogens is 1. The number of guanidine groups is 1. The molecule has 0 bridgehead atoms. The summed E-state index contributed by atoms with van der Waals surface area (Å²) in [5, 5.41) is 15.4. The Balaban J connectivity index is 0.00000208. The maximum Gasteiger partial charge on any atom is 0.191 e. The molecular weight excluding hydrogens is 435 g/mol. The van der Waals surface area contributed by atoms with E-state index in [1.807, 2.05) is 0 Å². The van der Waals surface area contributed by atoms with Crippen molar-refractivity contribution in [2.45, 2.75) is 52.2 Å². The van der Waals surface area contributed by atoms with Gasteiger partial charge >= 0.3 is 0 Å². The van der Waals surface area contributed by atoms with Crippen LogP contribution in [0.4, 0.5) is 0 Å². The van der Waals surface area contributed by atoms with Gasteiger partial charge in [0.15, 0.2) is 11.8 Å². The van der Waals surface area contributed by atoms with Gasteiger partial charge in [-0.2, -0.15) is 0 Å². The summed E-state index contributed by atoms with van der Waals surface area (Å²) in [4.78, 5) is 6.92. The van der Waals surface area contributed by atoms with Gasteiger partial charge in [-0.15, -0.1) is 45.5 Å². The first kappa shape index (κ1) is 19.2. The van der Waals surface area contributed by atoms with Crippen molar-refractivity contribution in [3.05, 3.63) is 33.5 Å². The maximum atomic E-state index is 4.34. The van der Waals surface area contributed by atoms with Gasteiger partial charge < -0.3 is 15.2 Å². The first-order chi connectivity index (χ1) is 11.3. The molecule has 132 valence electrons. The lowest BCUT2D eigenvalue weighted by Crippen LogP contribution is -2.36. The zero-order valence-corrected chi connectivity index (χ0v) is 17.4. The van der Waals surface area contributed by atoms with Crippen molar-refractivity contribution in [1.29, 1.82) is 0 Å². The van der Waals surface area contributed by atoms with E-state index in [4.69, 9.17) is 0 Å². The molecule has 0 aliphatic carbocycles. The second-order valence-electron chi connectivity index (χ2n) is 5.79. The Hall–Kier alpha value is -1.16. The second-order valence-corrected chi connectivity index (χ2v) is 7.16. The molecule has 0 spiro atoms. The molecule has 24 heavy (non-hydrogen) atoms. The Labute approximate surface area is 164 Å². The number of hydrogen-bond acceptors (Lipinski definition) is 4. The molecule has 2 aromatic rings. The Morgan fingerprint density at radius 2 is 2.04 bits per heavy atom. The number of thiophene rings is 1. The molecule has 0 saturated carbocycles. The molecule has 2 N–H and O–H groups in total. The van der Waals surface area contributed by atoms with Crippen molar-refractivity contribution in [3.63, 3.8) is 0 Å². The van der Waals surface area contributed by atoms with Crippen LogP contribution >= 0.6 is 35.3 Å². The van der Waals surface area contributed by atoms with E-state index in [0.29, 0.717) is 6.54 Å². The minimum absolute atomic E-state index is 0. The normalized spacial score (nSPS) is 14.5. The lowest BCUT2D eigenvalue weighted by molar-refractivity contribution is 0.596. The van der Waals surface area contributed by atoms with Crippen LogP contribution in [0.25, 0.3) is 0 Å².